The molecule has 5 heteroatoms. The first-order chi connectivity index (χ1) is 5.75. The van der Waals surface area contributed by atoms with Crippen LogP contribution in [-0.4, -0.2) is 6.03 Å². The van der Waals surface area contributed by atoms with E-state index in [4.69, 9.17) is 11.6 Å². The van der Waals surface area contributed by atoms with E-state index in [2.05, 4.69) is 10.0 Å². The van der Waals surface area contributed by atoms with Gasteiger partial charge in [-0.25, -0.2) is 4.79 Å². The number of anilines is 1. The van der Waals surface area contributed by atoms with Gasteiger partial charge in [-0.05, 0) is 30.1 Å². The highest BCUT2D eigenvalue weighted by atomic mass is 35.5. The van der Waals surface area contributed by atoms with Crippen LogP contribution in [0.3, 0.4) is 0 Å². The topological polar surface area (TPSA) is 41.1 Å². The van der Waals surface area contributed by atoms with Gasteiger partial charge in [0.05, 0.1) is 10.6 Å². The standard InChI is InChI=1S/C7H5ClN2OS/c8-4-1-2-6-5(3-4)9-7(11)10-12-6/h1-3H,(H2,9,10,11). The molecular weight excluding hydrogens is 196 g/mol. The van der Waals surface area contributed by atoms with Gasteiger partial charge >= 0.3 is 6.03 Å². The number of hydrogen-bond donors (Lipinski definition) is 2. The molecule has 1 aromatic carbocycles. The summed E-state index contributed by atoms with van der Waals surface area (Å²) >= 11 is 7.03. The van der Waals surface area contributed by atoms with Crippen LogP contribution < -0.4 is 10.0 Å². The van der Waals surface area contributed by atoms with Crippen molar-refractivity contribution in [1.29, 1.82) is 0 Å². The molecule has 0 saturated heterocycles. The van der Waals surface area contributed by atoms with Crippen LogP contribution in [-0.2, 0) is 0 Å². The number of fused-ring (bicyclic) bond motifs is 1. The minimum absolute atomic E-state index is 0.213. The highest BCUT2D eigenvalue weighted by molar-refractivity contribution is 7.98. The van der Waals surface area contributed by atoms with Gasteiger partial charge in [-0.1, -0.05) is 11.6 Å². The zero-order valence-electron chi connectivity index (χ0n) is 5.93. The molecule has 1 heterocycles. The third kappa shape index (κ3) is 1.35. The van der Waals surface area contributed by atoms with Gasteiger partial charge in [-0.3, -0.25) is 4.72 Å². The zero-order valence-corrected chi connectivity index (χ0v) is 7.50. The predicted molar refractivity (Wildman–Crippen MR) is 49.5 cm³/mol. The lowest BCUT2D eigenvalue weighted by Gasteiger charge is -2.16. The SMILES string of the molecule is O=C1NSc2ccc(Cl)cc2N1. The number of benzene rings is 1. The molecule has 0 spiro atoms. The highest BCUT2D eigenvalue weighted by Crippen LogP contribution is 2.30. The van der Waals surface area contributed by atoms with E-state index in [-0.39, 0.29) is 6.03 Å². The lowest BCUT2D eigenvalue weighted by molar-refractivity contribution is 0.257. The van der Waals surface area contributed by atoms with E-state index in [9.17, 15) is 4.79 Å². The number of nitrogens with one attached hydrogen (secondary N) is 2. The van der Waals surface area contributed by atoms with Gasteiger partial charge in [0.25, 0.3) is 0 Å². The Hall–Kier alpha value is -0.870. The van der Waals surface area contributed by atoms with E-state index in [1.165, 1.54) is 11.9 Å². The molecule has 2 amide bonds. The Morgan fingerprint density at radius 1 is 1.42 bits per heavy atom. The Bertz CT molecular complexity index is 342. The van der Waals surface area contributed by atoms with Crippen LogP contribution in [0.15, 0.2) is 23.1 Å². The molecule has 1 aromatic rings. The van der Waals surface area contributed by atoms with Crippen LogP contribution >= 0.6 is 23.5 Å². The average Bonchev–Trinajstić information content (AvgIpc) is 2.03. The van der Waals surface area contributed by atoms with Gasteiger partial charge in [0, 0.05) is 5.02 Å². The van der Waals surface area contributed by atoms with Crippen LogP contribution in [0.2, 0.25) is 5.02 Å². The molecule has 1 aliphatic rings. The summed E-state index contributed by atoms with van der Waals surface area (Å²) in [6.07, 6.45) is 0. The second-order valence-corrected chi connectivity index (χ2v) is 3.58. The minimum atomic E-state index is -0.213. The normalized spacial score (nSPS) is 14.6. The molecule has 0 unspecified atom stereocenters. The van der Waals surface area contributed by atoms with Gasteiger partial charge in [0.15, 0.2) is 0 Å². The van der Waals surface area contributed by atoms with Crippen LogP contribution in [0, 0.1) is 0 Å². The molecule has 1 aliphatic heterocycles. The van der Waals surface area contributed by atoms with Crippen molar-refractivity contribution in [3.63, 3.8) is 0 Å². The summed E-state index contributed by atoms with van der Waals surface area (Å²) in [6.45, 7) is 0. The molecule has 0 aliphatic carbocycles. The van der Waals surface area contributed by atoms with Crippen LogP contribution in [0.5, 0.6) is 0 Å². The largest absolute Gasteiger partial charge is 0.329 e. The van der Waals surface area contributed by atoms with Gasteiger partial charge < -0.3 is 5.32 Å². The maximum atomic E-state index is 10.9. The maximum Gasteiger partial charge on any atom is 0.329 e. The van der Waals surface area contributed by atoms with Crippen LogP contribution in [0.25, 0.3) is 0 Å². The molecule has 3 nitrogen and oxygen atoms in total. The lowest BCUT2D eigenvalue weighted by atomic mass is 10.3. The van der Waals surface area contributed by atoms with Crippen molar-refractivity contribution in [2.45, 2.75) is 4.90 Å². The fourth-order valence-electron chi connectivity index (χ4n) is 0.938. The smallest absolute Gasteiger partial charge is 0.306 e. The maximum absolute atomic E-state index is 10.9. The number of urea groups is 1. The molecular formula is C7H5ClN2OS. The van der Waals surface area contributed by atoms with Crippen molar-refractivity contribution in [2.75, 3.05) is 5.32 Å². The second kappa shape index (κ2) is 2.88. The summed E-state index contributed by atoms with van der Waals surface area (Å²) in [5.41, 5.74) is 0.760. The summed E-state index contributed by atoms with van der Waals surface area (Å²) in [6, 6.07) is 5.15. The Balaban J connectivity index is 2.44. The molecule has 0 aromatic heterocycles. The predicted octanol–water partition coefficient (Wildman–Crippen LogP) is 2.48. The van der Waals surface area contributed by atoms with E-state index in [0.29, 0.717) is 5.02 Å². The number of hydrogen-bond acceptors (Lipinski definition) is 2. The Morgan fingerprint density at radius 3 is 3.08 bits per heavy atom. The molecule has 2 N–H and O–H groups in total. The molecule has 12 heavy (non-hydrogen) atoms. The van der Waals surface area contributed by atoms with Gasteiger partial charge in [-0.2, -0.15) is 0 Å². The monoisotopic (exact) mass is 200 g/mol. The first kappa shape index (κ1) is 7.76. The summed E-state index contributed by atoms with van der Waals surface area (Å²) in [7, 11) is 0. The Morgan fingerprint density at radius 2 is 2.25 bits per heavy atom. The van der Waals surface area contributed by atoms with E-state index < -0.39 is 0 Å². The van der Waals surface area contributed by atoms with E-state index in [0.717, 1.165) is 10.6 Å². The van der Waals surface area contributed by atoms with Crippen molar-refractivity contribution in [3.05, 3.63) is 23.2 Å². The molecule has 0 radical (unpaired) electrons. The third-order valence-electron chi connectivity index (χ3n) is 1.44. The molecule has 0 saturated carbocycles. The summed E-state index contributed by atoms with van der Waals surface area (Å²) in [5.74, 6) is 0. The van der Waals surface area contributed by atoms with Gasteiger partial charge in [0.1, 0.15) is 0 Å². The number of carbonyl (C=O) groups is 1. The summed E-state index contributed by atoms with van der Waals surface area (Å²) in [4.78, 5) is 11.8. The van der Waals surface area contributed by atoms with Crippen molar-refractivity contribution in [1.82, 2.24) is 4.72 Å². The van der Waals surface area contributed by atoms with Crippen LogP contribution in [0.4, 0.5) is 10.5 Å². The summed E-state index contributed by atoms with van der Waals surface area (Å²) < 4.78 is 2.58. The highest BCUT2D eigenvalue weighted by Gasteiger charge is 2.13. The van der Waals surface area contributed by atoms with Crippen LogP contribution in [0.1, 0.15) is 0 Å². The number of amides is 2. The third-order valence-corrected chi connectivity index (χ3v) is 2.54. The Labute approximate surface area is 78.6 Å². The van der Waals surface area contributed by atoms with Gasteiger partial charge in [-0.15, -0.1) is 0 Å². The molecule has 0 atom stereocenters. The average molecular weight is 201 g/mol. The number of halogens is 1. The summed E-state index contributed by atoms with van der Waals surface area (Å²) in [5, 5.41) is 3.27. The molecule has 2 rings (SSSR count). The fraction of sp³-hybridized carbons (Fsp3) is 0. The lowest BCUT2D eigenvalue weighted by Crippen LogP contribution is -2.26. The minimum Gasteiger partial charge on any atom is -0.306 e. The molecule has 62 valence electrons. The van der Waals surface area contributed by atoms with Crippen molar-refractivity contribution in [3.8, 4) is 0 Å². The van der Waals surface area contributed by atoms with Gasteiger partial charge in [0.2, 0.25) is 0 Å². The zero-order chi connectivity index (χ0) is 8.55. The van der Waals surface area contributed by atoms with E-state index in [1.54, 1.807) is 12.1 Å². The fourth-order valence-corrected chi connectivity index (χ4v) is 1.72. The molecule has 0 bridgehead atoms. The second-order valence-electron chi connectivity index (χ2n) is 2.30. The number of rotatable bonds is 0. The number of carbonyl (C=O) groups excluding carboxylic acids is 1. The van der Waals surface area contributed by atoms with E-state index in [1.807, 2.05) is 6.07 Å². The van der Waals surface area contributed by atoms with Crippen molar-refractivity contribution < 1.29 is 4.79 Å². The molecule has 0 fully saturated rings. The van der Waals surface area contributed by atoms with E-state index >= 15 is 0 Å². The first-order valence-corrected chi connectivity index (χ1v) is 4.48. The Kier molecular flexibility index (Phi) is 1.86. The van der Waals surface area contributed by atoms with Crippen molar-refractivity contribution in [2.24, 2.45) is 0 Å². The first-order valence-electron chi connectivity index (χ1n) is 3.29. The van der Waals surface area contributed by atoms with Crippen molar-refractivity contribution >= 4 is 35.3 Å². The quantitative estimate of drug-likeness (QED) is 0.632.